The molecule has 0 unspecified atom stereocenters. The van der Waals surface area contributed by atoms with E-state index in [9.17, 15) is 0 Å². The first-order valence-corrected chi connectivity index (χ1v) is 25.9. The first-order valence-electron chi connectivity index (χ1n) is 25.9. The zero-order valence-electron chi connectivity index (χ0n) is 41.8. The summed E-state index contributed by atoms with van der Waals surface area (Å²) in [6, 6.07) is 106. The molecule has 0 N–H and O–H groups in total. The Labute approximate surface area is 439 Å². The molecule has 0 saturated heterocycles. The lowest BCUT2D eigenvalue weighted by atomic mass is 9.87. The number of para-hydroxylation sites is 5. The monoisotopic (exact) mass is 959 g/mol. The van der Waals surface area contributed by atoms with E-state index in [0.29, 0.717) is 0 Å². The van der Waals surface area contributed by atoms with E-state index in [1.54, 1.807) is 0 Å². The average Bonchev–Trinajstić information content (AvgIpc) is 3.77. The summed E-state index contributed by atoms with van der Waals surface area (Å²) in [5.41, 5.74) is 21.3. The highest BCUT2D eigenvalue weighted by Gasteiger charge is 2.27. The van der Waals surface area contributed by atoms with Gasteiger partial charge < -0.3 is 14.7 Å². The van der Waals surface area contributed by atoms with Crippen molar-refractivity contribution in [2.75, 3.05) is 14.7 Å². The second-order valence-corrected chi connectivity index (χ2v) is 19.3. The highest BCUT2D eigenvalue weighted by molar-refractivity contribution is 6.18. The molecule has 0 heterocycles. The van der Waals surface area contributed by atoms with Gasteiger partial charge in [-0.2, -0.15) is 0 Å². The maximum Gasteiger partial charge on any atom is 0.0540 e. The summed E-state index contributed by atoms with van der Waals surface area (Å²) in [5.74, 6) is 0. The van der Waals surface area contributed by atoms with Crippen molar-refractivity contribution in [3.63, 3.8) is 0 Å². The quantitative estimate of drug-likeness (QED) is 0.114. The minimum atomic E-state index is 0.763. The van der Waals surface area contributed by atoms with Crippen LogP contribution in [-0.2, 0) is 6.42 Å². The molecule has 0 saturated carbocycles. The van der Waals surface area contributed by atoms with Gasteiger partial charge in [-0.15, -0.1) is 0 Å². The number of allylic oxidation sites excluding steroid dienone is 1. The van der Waals surface area contributed by atoms with Crippen LogP contribution in [0.15, 0.2) is 291 Å². The van der Waals surface area contributed by atoms with Gasteiger partial charge >= 0.3 is 0 Å². The first kappa shape index (κ1) is 45.2. The largest absolute Gasteiger partial charge is 0.311 e. The number of anilines is 9. The van der Waals surface area contributed by atoms with E-state index in [0.717, 1.165) is 63.2 Å². The molecule has 13 rings (SSSR count). The van der Waals surface area contributed by atoms with Crippen molar-refractivity contribution in [1.82, 2.24) is 0 Å². The molecule has 12 aromatic rings. The predicted molar refractivity (Wildman–Crippen MR) is 318 cm³/mol. The summed E-state index contributed by atoms with van der Waals surface area (Å²) < 4.78 is 0. The Bertz CT molecular complexity index is 3920. The second kappa shape index (κ2) is 19.7. The van der Waals surface area contributed by atoms with Crippen molar-refractivity contribution in [2.45, 2.75) is 13.3 Å². The van der Waals surface area contributed by atoms with Crippen molar-refractivity contribution in [1.29, 1.82) is 0 Å². The van der Waals surface area contributed by atoms with E-state index in [1.807, 2.05) is 0 Å². The zero-order chi connectivity index (χ0) is 50.1. The Hall–Kier alpha value is -9.70. The maximum absolute atomic E-state index is 2.46. The molecule has 0 atom stereocenters. The molecule has 3 nitrogen and oxygen atoms in total. The molecule has 1 aliphatic carbocycles. The second-order valence-electron chi connectivity index (χ2n) is 19.3. The summed E-state index contributed by atoms with van der Waals surface area (Å²) in [5, 5.41) is 4.95. The van der Waals surface area contributed by atoms with E-state index in [2.05, 4.69) is 313 Å². The molecule has 75 heavy (non-hydrogen) atoms. The molecular weight excluding hydrogens is 907 g/mol. The molecule has 0 radical (unpaired) electrons. The lowest BCUT2D eigenvalue weighted by Gasteiger charge is -2.27. The molecule has 12 aromatic carbocycles. The van der Waals surface area contributed by atoms with Crippen molar-refractivity contribution < 1.29 is 0 Å². The molecule has 356 valence electrons. The van der Waals surface area contributed by atoms with Gasteiger partial charge in [-0.05, 0) is 189 Å². The lowest BCUT2D eigenvalue weighted by Crippen LogP contribution is -2.10. The third kappa shape index (κ3) is 8.61. The van der Waals surface area contributed by atoms with Crippen molar-refractivity contribution >= 4 is 83.9 Å². The number of hydrogen-bond acceptors (Lipinski definition) is 3. The molecule has 3 heteroatoms. The molecule has 0 aliphatic heterocycles. The van der Waals surface area contributed by atoms with Crippen LogP contribution in [0.25, 0.3) is 43.8 Å². The predicted octanol–water partition coefficient (Wildman–Crippen LogP) is 20.0. The van der Waals surface area contributed by atoms with Gasteiger partial charge in [0, 0.05) is 50.9 Å². The fraction of sp³-hybridized carbons (Fsp3) is 0.0278. The molecule has 0 fully saturated rings. The van der Waals surface area contributed by atoms with Crippen LogP contribution in [0.2, 0.25) is 0 Å². The topological polar surface area (TPSA) is 9.72 Å². The van der Waals surface area contributed by atoms with Crippen LogP contribution in [0.1, 0.15) is 34.7 Å². The summed E-state index contributed by atoms with van der Waals surface area (Å²) in [6.45, 7) is 2.32. The maximum atomic E-state index is 2.46. The van der Waals surface area contributed by atoms with Crippen LogP contribution in [-0.4, -0.2) is 0 Å². The minimum absolute atomic E-state index is 0.763. The van der Waals surface area contributed by atoms with Gasteiger partial charge in [0.1, 0.15) is 0 Å². The Morgan fingerprint density at radius 1 is 0.293 bits per heavy atom. The van der Waals surface area contributed by atoms with Gasteiger partial charge in [-0.3, -0.25) is 0 Å². The van der Waals surface area contributed by atoms with Crippen LogP contribution in [0.5, 0.6) is 0 Å². The van der Waals surface area contributed by atoms with E-state index in [4.69, 9.17) is 0 Å². The molecule has 0 aromatic heterocycles. The number of rotatable bonds is 13. The van der Waals surface area contributed by atoms with Crippen LogP contribution < -0.4 is 14.7 Å². The molecule has 0 amide bonds. The van der Waals surface area contributed by atoms with Gasteiger partial charge in [0.2, 0.25) is 0 Å². The molecular formula is C72H53N3. The molecule has 1 aliphatic rings. The standard InChI is InChI=1S/C72H53N3/c1-51-66-35-19-23-57-48-65(74(60-28-11-4-12-29-60)61-30-13-5-14-31-61)50-69(72(57)66)71(51)68-49-55(39-40-56(68)47-52-37-43-63(44-38-52)73(58-24-7-2-8-25-58)59-26-9-3-10-27-59)53-41-45-64(46-42-53)75(62-32-15-6-16-33-62)70-36-20-22-54-21-17-18-34-67(54)70/h2-46,48-50H,47H2,1H3. The SMILES string of the molecule is CC1=C(c2cc(-c3ccc(N(c4ccccc4)c4cccc5ccccc45)cc3)ccc2Cc2ccc(N(c3ccccc3)c3ccccc3)cc2)c2cc(N(c3ccccc3)c3ccccc3)cc3cccc1c23. The van der Waals surface area contributed by atoms with Crippen molar-refractivity contribution in [3.8, 4) is 11.1 Å². The Morgan fingerprint density at radius 3 is 1.35 bits per heavy atom. The van der Waals surface area contributed by atoms with Crippen LogP contribution in [0.3, 0.4) is 0 Å². The minimum Gasteiger partial charge on any atom is -0.311 e. The Morgan fingerprint density at radius 2 is 0.747 bits per heavy atom. The van der Waals surface area contributed by atoms with E-state index >= 15 is 0 Å². The van der Waals surface area contributed by atoms with Gasteiger partial charge in [0.25, 0.3) is 0 Å². The average molecular weight is 960 g/mol. The third-order valence-electron chi connectivity index (χ3n) is 14.8. The van der Waals surface area contributed by atoms with Crippen LogP contribution >= 0.6 is 0 Å². The third-order valence-corrected chi connectivity index (χ3v) is 14.8. The van der Waals surface area contributed by atoms with Crippen molar-refractivity contribution in [2.24, 2.45) is 0 Å². The summed E-state index contributed by atoms with van der Waals surface area (Å²) in [4.78, 5) is 7.09. The molecule has 0 bridgehead atoms. The number of hydrogen-bond donors (Lipinski definition) is 0. The van der Waals surface area contributed by atoms with Gasteiger partial charge in [0.05, 0.1) is 5.69 Å². The highest BCUT2D eigenvalue weighted by atomic mass is 15.2. The van der Waals surface area contributed by atoms with Gasteiger partial charge in [-0.1, -0.05) is 182 Å². The Kier molecular flexibility index (Phi) is 11.9. The fourth-order valence-corrected chi connectivity index (χ4v) is 11.3. The number of nitrogens with zero attached hydrogens (tertiary/aromatic N) is 3. The summed E-state index contributed by atoms with van der Waals surface area (Å²) >= 11 is 0. The van der Waals surface area contributed by atoms with E-state index in [-0.39, 0.29) is 0 Å². The first-order chi connectivity index (χ1) is 37.1. The summed E-state index contributed by atoms with van der Waals surface area (Å²) in [7, 11) is 0. The van der Waals surface area contributed by atoms with E-state index < -0.39 is 0 Å². The Balaban J connectivity index is 0.943. The van der Waals surface area contributed by atoms with Gasteiger partial charge in [-0.25, -0.2) is 0 Å². The number of benzene rings is 12. The van der Waals surface area contributed by atoms with Crippen LogP contribution in [0.4, 0.5) is 51.2 Å². The normalized spacial score (nSPS) is 11.8. The highest BCUT2D eigenvalue weighted by Crippen LogP contribution is 2.50. The fourth-order valence-electron chi connectivity index (χ4n) is 11.3. The van der Waals surface area contributed by atoms with Crippen LogP contribution in [0, 0.1) is 0 Å². The van der Waals surface area contributed by atoms with Crippen molar-refractivity contribution in [3.05, 3.63) is 319 Å². The van der Waals surface area contributed by atoms with E-state index in [1.165, 1.54) is 66.1 Å². The summed E-state index contributed by atoms with van der Waals surface area (Å²) in [6.07, 6.45) is 0.763. The zero-order valence-corrected chi connectivity index (χ0v) is 41.8. The number of fused-ring (bicyclic) bond motifs is 1. The smallest absolute Gasteiger partial charge is 0.0540 e. The lowest BCUT2D eigenvalue weighted by molar-refractivity contribution is 1.17. The van der Waals surface area contributed by atoms with Gasteiger partial charge in [0.15, 0.2) is 0 Å². The molecule has 0 spiro atoms.